The molecule has 1 aromatic rings. The van der Waals surface area contributed by atoms with E-state index in [4.69, 9.17) is 0 Å². The highest BCUT2D eigenvalue weighted by Crippen LogP contribution is 2.38. The van der Waals surface area contributed by atoms with Crippen molar-refractivity contribution >= 4 is 17.4 Å². The SMILES string of the molecule is c1ccc(SC2CCCC2)c(NCCC2CCCCC2)c1. The highest BCUT2D eigenvalue weighted by atomic mass is 32.2. The molecule has 0 aromatic heterocycles. The summed E-state index contributed by atoms with van der Waals surface area (Å²) in [5.74, 6) is 0.973. The Morgan fingerprint density at radius 1 is 0.905 bits per heavy atom. The lowest BCUT2D eigenvalue weighted by atomic mass is 9.87. The molecule has 2 fully saturated rings. The van der Waals surface area contributed by atoms with Crippen molar-refractivity contribution in [2.45, 2.75) is 74.4 Å². The second-order valence-corrected chi connectivity index (χ2v) is 8.08. The molecule has 0 radical (unpaired) electrons. The van der Waals surface area contributed by atoms with Gasteiger partial charge in [-0.05, 0) is 37.3 Å². The van der Waals surface area contributed by atoms with E-state index in [9.17, 15) is 0 Å². The van der Waals surface area contributed by atoms with Crippen LogP contribution in [0.5, 0.6) is 0 Å². The Labute approximate surface area is 134 Å². The molecule has 2 aliphatic rings. The van der Waals surface area contributed by atoms with E-state index in [1.807, 2.05) is 0 Å². The van der Waals surface area contributed by atoms with Gasteiger partial charge in [0.1, 0.15) is 0 Å². The van der Waals surface area contributed by atoms with Crippen molar-refractivity contribution in [1.29, 1.82) is 0 Å². The number of para-hydroxylation sites is 1. The molecule has 2 heteroatoms. The lowest BCUT2D eigenvalue weighted by Gasteiger charge is -2.22. The molecule has 21 heavy (non-hydrogen) atoms. The van der Waals surface area contributed by atoms with Gasteiger partial charge in [-0.15, -0.1) is 11.8 Å². The topological polar surface area (TPSA) is 12.0 Å². The van der Waals surface area contributed by atoms with Crippen LogP contribution in [0, 0.1) is 5.92 Å². The van der Waals surface area contributed by atoms with E-state index >= 15 is 0 Å². The molecule has 0 saturated heterocycles. The van der Waals surface area contributed by atoms with Crippen LogP contribution in [-0.2, 0) is 0 Å². The Bertz CT molecular complexity index is 419. The van der Waals surface area contributed by atoms with Crippen molar-refractivity contribution in [2.24, 2.45) is 5.92 Å². The van der Waals surface area contributed by atoms with Crippen LogP contribution < -0.4 is 5.32 Å². The third-order valence-electron chi connectivity index (χ3n) is 5.08. The molecule has 0 unspecified atom stereocenters. The van der Waals surface area contributed by atoms with Gasteiger partial charge >= 0.3 is 0 Å². The smallest absolute Gasteiger partial charge is 0.0478 e. The van der Waals surface area contributed by atoms with Crippen LogP contribution in [0.15, 0.2) is 29.2 Å². The summed E-state index contributed by atoms with van der Waals surface area (Å²) in [4.78, 5) is 1.47. The third kappa shape index (κ3) is 4.67. The van der Waals surface area contributed by atoms with Crippen molar-refractivity contribution < 1.29 is 0 Å². The summed E-state index contributed by atoms with van der Waals surface area (Å²) < 4.78 is 0. The molecule has 0 heterocycles. The molecule has 0 amide bonds. The fourth-order valence-electron chi connectivity index (χ4n) is 3.79. The number of rotatable bonds is 6. The molecule has 116 valence electrons. The summed E-state index contributed by atoms with van der Waals surface area (Å²) in [5, 5.41) is 4.57. The van der Waals surface area contributed by atoms with Gasteiger partial charge in [-0.2, -0.15) is 0 Å². The second kappa shape index (κ2) is 8.12. The first kappa shape index (κ1) is 15.3. The monoisotopic (exact) mass is 303 g/mol. The summed E-state index contributed by atoms with van der Waals surface area (Å²) in [5.41, 5.74) is 1.37. The van der Waals surface area contributed by atoms with Gasteiger partial charge in [0, 0.05) is 22.4 Å². The molecular formula is C19H29NS. The van der Waals surface area contributed by atoms with E-state index in [0.29, 0.717) is 0 Å². The number of hydrogen-bond acceptors (Lipinski definition) is 2. The Kier molecular flexibility index (Phi) is 5.91. The second-order valence-electron chi connectivity index (χ2n) is 6.74. The van der Waals surface area contributed by atoms with Gasteiger partial charge in [-0.25, -0.2) is 0 Å². The molecular weight excluding hydrogens is 274 g/mol. The average molecular weight is 304 g/mol. The molecule has 2 saturated carbocycles. The zero-order valence-corrected chi connectivity index (χ0v) is 14.0. The quantitative estimate of drug-likeness (QED) is 0.681. The minimum Gasteiger partial charge on any atom is -0.384 e. The maximum Gasteiger partial charge on any atom is 0.0478 e. The predicted octanol–water partition coefficient (Wildman–Crippen LogP) is 6.10. The molecule has 0 spiro atoms. The van der Waals surface area contributed by atoms with Gasteiger partial charge in [0.2, 0.25) is 0 Å². The van der Waals surface area contributed by atoms with Crippen molar-refractivity contribution in [2.75, 3.05) is 11.9 Å². The minimum absolute atomic E-state index is 0.853. The van der Waals surface area contributed by atoms with Crippen molar-refractivity contribution in [3.05, 3.63) is 24.3 Å². The number of benzene rings is 1. The first-order chi connectivity index (χ1) is 10.4. The standard InChI is InChI=1S/C19H29NS/c1-2-8-16(9-3-1)14-15-20-18-12-6-7-13-19(18)21-17-10-4-5-11-17/h6-7,12-13,16-17,20H,1-5,8-11,14-15H2. The average Bonchev–Trinajstić information content (AvgIpc) is 3.03. The highest BCUT2D eigenvalue weighted by Gasteiger charge is 2.18. The van der Waals surface area contributed by atoms with E-state index in [-0.39, 0.29) is 0 Å². The van der Waals surface area contributed by atoms with E-state index in [2.05, 4.69) is 41.3 Å². The van der Waals surface area contributed by atoms with E-state index < -0.39 is 0 Å². The van der Waals surface area contributed by atoms with E-state index in [0.717, 1.165) is 17.7 Å². The number of anilines is 1. The van der Waals surface area contributed by atoms with Crippen LogP contribution in [0.2, 0.25) is 0 Å². The van der Waals surface area contributed by atoms with Gasteiger partial charge in [0.25, 0.3) is 0 Å². The molecule has 0 aliphatic heterocycles. The summed E-state index contributed by atoms with van der Waals surface area (Å²) in [7, 11) is 0. The first-order valence-corrected chi connectivity index (χ1v) is 9.79. The van der Waals surface area contributed by atoms with Gasteiger partial charge in [-0.3, -0.25) is 0 Å². The number of thioether (sulfide) groups is 1. The fourth-order valence-corrected chi connectivity index (χ4v) is 5.14. The van der Waals surface area contributed by atoms with Crippen LogP contribution in [0.25, 0.3) is 0 Å². The molecule has 1 N–H and O–H groups in total. The summed E-state index contributed by atoms with van der Waals surface area (Å²) >= 11 is 2.10. The lowest BCUT2D eigenvalue weighted by molar-refractivity contribution is 0.345. The van der Waals surface area contributed by atoms with Gasteiger partial charge in [0.05, 0.1) is 0 Å². The van der Waals surface area contributed by atoms with Crippen molar-refractivity contribution in [3.63, 3.8) is 0 Å². The minimum atomic E-state index is 0.853. The fraction of sp³-hybridized carbons (Fsp3) is 0.684. The number of nitrogens with one attached hydrogen (secondary N) is 1. The number of hydrogen-bond donors (Lipinski definition) is 1. The van der Waals surface area contributed by atoms with Crippen LogP contribution in [0.1, 0.15) is 64.2 Å². The maximum absolute atomic E-state index is 3.71. The first-order valence-electron chi connectivity index (χ1n) is 8.91. The molecule has 0 atom stereocenters. The molecule has 0 bridgehead atoms. The summed E-state index contributed by atoms with van der Waals surface area (Å²) in [6.07, 6.45) is 14.3. The maximum atomic E-state index is 3.71. The highest BCUT2D eigenvalue weighted by molar-refractivity contribution is 8.00. The van der Waals surface area contributed by atoms with Gasteiger partial charge < -0.3 is 5.32 Å². The Morgan fingerprint density at radius 3 is 2.43 bits per heavy atom. The van der Waals surface area contributed by atoms with Crippen LogP contribution in [0.3, 0.4) is 0 Å². The Morgan fingerprint density at radius 2 is 1.62 bits per heavy atom. The van der Waals surface area contributed by atoms with Crippen molar-refractivity contribution in [3.8, 4) is 0 Å². The van der Waals surface area contributed by atoms with E-state index in [1.54, 1.807) is 0 Å². The van der Waals surface area contributed by atoms with Crippen LogP contribution in [-0.4, -0.2) is 11.8 Å². The third-order valence-corrected chi connectivity index (χ3v) is 6.49. The zero-order chi connectivity index (χ0) is 14.3. The van der Waals surface area contributed by atoms with Gasteiger partial charge in [0.15, 0.2) is 0 Å². The Hall–Kier alpha value is -0.630. The lowest BCUT2D eigenvalue weighted by Crippen LogP contribution is -2.12. The summed E-state index contributed by atoms with van der Waals surface area (Å²) in [6, 6.07) is 8.91. The largest absolute Gasteiger partial charge is 0.384 e. The normalized spacial score (nSPS) is 20.8. The Balaban J connectivity index is 1.49. The predicted molar refractivity (Wildman–Crippen MR) is 94.2 cm³/mol. The summed E-state index contributed by atoms with van der Waals surface area (Å²) in [6.45, 7) is 1.15. The molecule has 1 aromatic carbocycles. The molecule has 1 nitrogen and oxygen atoms in total. The van der Waals surface area contributed by atoms with Crippen LogP contribution in [0.4, 0.5) is 5.69 Å². The molecule has 2 aliphatic carbocycles. The van der Waals surface area contributed by atoms with E-state index in [1.165, 1.54) is 74.8 Å². The zero-order valence-electron chi connectivity index (χ0n) is 13.2. The van der Waals surface area contributed by atoms with Gasteiger partial charge in [-0.1, -0.05) is 57.1 Å². The van der Waals surface area contributed by atoms with Crippen LogP contribution >= 0.6 is 11.8 Å². The van der Waals surface area contributed by atoms with Crippen molar-refractivity contribution in [1.82, 2.24) is 0 Å². The molecule has 3 rings (SSSR count).